The summed E-state index contributed by atoms with van der Waals surface area (Å²) in [7, 11) is 6.06. The normalized spacial score (nSPS) is 20.0. The van der Waals surface area contributed by atoms with E-state index in [0.717, 1.165) is 23.3 Å². The lowest BCUT2D eigenvalue weighted by Gasteiger charge is -2.30. The minimum absolute atomic E-state index is 0.163. The lowest BCUT2D eigenvalue weighted by atomic mass is 9.84. The predicted octanol–water partition coefficient (Wildman–Crippen LogP) is 2.71. The number of rotatable bonds is 3. The molecule has 2 aromatic carbocycles. The van der Waals surface area contributed by atoms with Crippen molar-refractivity contribution in [2.75, 3.05) is 11.1 Å². The largest absolute Gasteiger partial charge is 0.379 e. The molecule has 0 saturated carbocycles. The number of aryl methyl sites for hydroxylation is 1. The Morgan fingerprint density at radius 1 is 1.28 bits per heavy atom. The molecule has 3 rings (SSSR count). The summed E-state index contributed by atoms with van der Waals surface area (Å²) in [5.74, 6) is 0.745. The molecule has 6 heteroatoms. The van der Waals surface area contributed by atoms with Gasteiger partial charge in [-0.2, -0.15) is 0 Å². The minimum atomic E-state index is -0.423. The lowest BCUT2D eigenvalue weighted by Crippen LogP contribution is -2.30. The lowest BCUT2D eigenvalue weighted by molar-refractivity contribution is 0.102. The zero-order chi connectivity index (χ0) is 18.0. The van der Waals surface area contributed by atoms with E-state index in [9.17, 15) is 4.79 Å². The molecule has 25 heavy (non-hydrogen) atoms. The van der Waals surface area contributed by atoms with Crippen LogP contribution in [0.1, 0.15) is 34.8 Å². The van der Waals surface area contributed by atoms with Crippen LogP contribution in [0.4, 0.5) is 5.69 Å². The summed E-state index contributed by atoms with van der Waals surface area (Å²) in [4.78, 5) is 17.1. The molecular weight excluding hydrogens is 329 g/mol. The molecule has 0 saturated heterocycles. The first-order valence-electron chi connectivity index (χ1n) is 8.13. The molecule has 2 radical (unpaired) electrons. The van der Waals surface area contributed by atoms with Gasteiger partial charge < -0.3 is 11.1 Å². The van der Waals surface area contributed by atoms with Gasteiger partial charge in [-0.3, -0.25) is 9.79 Å². The minimum Gasteiger partial charge on any atom is -0.379 e. The maximum Gasteiger partial charge on any atom is 0.255 e. The molecule has 3 N–H and O–H groups in total. The number of hydrogen-bond acceptors (Lipinski definition) is 4. The molecule has 126 valence electrons. The second-order valence-corrected chi connectivity index (χ2v) is 7.60. The fourth-order valence-corrected chi connectivity index (χ4v) is 3.81. The third kappa shape index (κ3) is 4.07. The smallest absolute Gasteiger partial charge is 0.255 e. The molecule has 0 aromatic heterocycles. The second-order valence-electron chi connectivity index (χ2n) is 6.49. The van der Waals surface area contributed by atoms with Crippen LogP contribution in [0.3, 0.4) is 0 Å². The Hall–Kier alpha value is -2.21. The molecule has 1 aliphatic rings. The average Bonchev–Trinajstić information content (AvgIpc) is 2.54. The van der Waals surface area contributed by atoms with Gasteiger partial charge >= 0.3 is 0 Å². The number of carbonyl (C=O) groups excluding carboxylic acids is 1. The fourth-order valence-electron chi connectivity index (χ4n) is 2.84. The summed E-state index contributed by atoms with van der Waals surface area (Å²) < 4.78 is 0. The van der Waals surface area contributed by atoms with Crippen LogP contribution in [0.25, 0.3) is 0 Å². The zero-order valence-electron chi connectivity index (χ0n) is 14.4. The molecule has 1 unspecified atom stereocenters. The van der Waals surface area contributed by atoms with E-state index in [1.165, 1.54) is 0 Å². The summed E-state index contributed by atoms with van der Waals surface area (Å²) in [5.41, 5.74) is 9.41. The van der Waals surface area contributed by atoms with Crippen molar-refractivity contribution in [1.29, 1.82) is 0 Å². The quantitative estimate of drug-likeness (QED) is 0.838. The van der Waals surface area contributed by atoms with E-state index in [2.05, 4.69) is 10.3 Å². The Balaban J connectivity index is 1.88. The van der Waals surface area contributed by atoms with Crippen molar-refractivity contribution in [2.24, 2.45) is 10.7 Å². The van der Waals surface area contributed by atoms with E-state index in [0.29, 0.717) is 21.9 Å². The van der Waals surface area contributed by atoms with Gasteiger partial charge in [-0.1, -0.05) is 41.0 Å². The highest BCUT2D eigenvalue weighted by atomic mass is 32.2. The molecule has 1 heterocycles. The Morgan fingerprint density at radius 2 is 2.00 bits per heavy atom. The van der Waals surface area contributed by atoms with Crippen molar-refractivity contribution >= 4 is 41.8 Å². The van der Waals surface area contributed by atoms with Crippen LogP contribution in [0.15, 0.2) is 47.5 Å². The number of thioether (sulfide) groups is 1. The third-order valence-corrected chi connectivity index (χ3v) is 5.14. The van der Waals surface area contributed by atoms with Crippen LogP contribution in [-0.4, -0.2) is 24.7 Å². The maximum atomic E-state index is 12.5. The van der Waals surface area contributed by atoms with Gasteiger partial charge in [0.15, 0.2) is 5.17 Å². The van der Waals surface area contributed by atoms with Crippen molar-refractivity contribution in [1.82, 2.24) is 0 Å². The van der Waals surface area contributed by atoms with Crippen molar-refractivity contribution < 1.29 is 4.79 Å². The van der Waals surface area contributed by atoms with Gasteiger partial charge in [-0.05, 0) is 50.1 Å². The molecule has 1 amide bonds. The fraction of sp³-hybridized carbons (Fsp3) is 0.263. The first kappa shape index (κ1) is 17.6. The first-order chi connectivity index (χ1) is 11.9. The number of anilines is 1. The molecule has 4 nitrogen and oxygen atoms in total. The predicted molar refractivity (Wildman–Crippen MR) is 107 cm³/mol. The van der Waals surface area contributed by atoms with E-state index in [4.69, 9.17) is 13.6 Å². The summed E-state index contributed by atoms with van der Waals surface area (Å²) in [6, 6.07) is 13.0. The Labute approximate surface area is 153 Å². The van der Waals surface area contributed by atoms with Crippen LogP contribution >= 0.6 is 11.8 Å². The highest BCUT2D eigenvalue weighted by Crippen LogP contribution is 2.35. The van der Waals surface area contributed by atoms with E-state index < -0.39 is 5.54 Å². The first-order valence-corrected chi connectivity index (χ1v) is 9.11. The Bertz CT molecular complexity index is 835. The van der Waals surface area contributed by atoms with Crippen LogP contribution < -0.4 is 16.5 Å². The van der Waals surface area contributed by atoms with E-state index in [1.54, 1.807) is 17.8 Å². The van der Waals surface area contributed by atoms with Crippen molar-refractivity contribution in [2.45, 2.75) is 25.8 Å². The van der Waals surface area contributed by atoms with E-state index in [1.807, 2.05) is 50.2 Å². The molecule has 0 fully saturated rings. The molecule has 1 aliphatic heterocycles. The monoisotopic (exact) mass is 349 g/mol. The zero-order valence-corrected chi connectivity index (χ0v) is 15.2. The van der Waals surface area contributed by atoms with Crippen LogP contribution in [0, 0.1) is 6.92 Å². The van der Waals surface area contributed by atoms with Gasteiger partial charge in [-0.25, -0.2) is 0 Å². The molecule has 0 spiro atoms. The van der Waals surface area contributed by atoms with Crippen molar-refractivity contribution in [3.63, 3.8) is 0 Å². The molecule has 0 aliphatic carbocycles. The van der Waals surface area contributed by atoms with Crippen LogP contribution in [-0.2, 0) is 5.54 Å². The summed E-state index contributed by atoms with van der Waals surface area (Å²) >= 11 is 1.56. The number of hydrogen-bond donors (Lipinski definition) is 2. The highest BCUT2D eigenvalue weighted by molar-refractivity contribution is 8.13. The number of aliphatic imine (C=N–C) groups is 1. The number of amidine groups is 1. The standard InChI is InChI=1S/C19H20BN3OS/c1-12-3-5-13(6-4-12)17(24)22-16-10-14(9-15(20)11-16)19(2)7-8-25-18(21)23-19/h3-6,9-11H,7-8H2,1-2H3,(H2,21,23)(H,22,24). The van der Waals surface area contributed by atoms with Crippen molar-refractivity contribution in [3.8, 4) is 0 Å². The number of amides is 1. The van der Waals surface area contributed by atoms with Gasteiger partial charge in [0, 0.05) is 17.0 Å². The highest BCUT2D eigenvalue weighted by Gasteiger charge is 2.29. The molecular formula is C19H20BN3OS. The summed E-state index contributed by atoms with van der Waals surface area (Å²) in [5, 5.41) is 3.51. The topological polar surface area (TPSA) is 67.5 Å². The van der Waals surface area contributed by atoms with E-state index in [-0.39, 0.29) is 5.91 Å². The number of nitrogens with two attached hydrogens (primary N) is 1. The van der Waals surface area contributed by atoms with Crippen molar-refractivity contribution in [3.05, 3.63) is 59.2 Å². The molecule has 2 aromatic rings. The van der Waals surface area contributed by atoms with Gasteiger partial charge in [0.05, 0.1) is 5.54 Å². The third-order valence-electron chi connectivity index (χ3n) is 4.34. The summed E-state index contributed by atoms with van der Waals surface area (Å²) in [6.07, 6.45) is 0.868. The number of carbonyl (C=O) groups is 1. The molecule has 1 atom stereocenters. The number of benzene rings is 2. The van der Waals surface area contributed by atoms with Crippen LogP contribution in [0.2, 0.25) is 0 Å². The van der Waals surface area contributed by atoms with Gasteiger partial charge in [0.2, 0.25) is 0 Å². The van der Waals surface area contributed by atoms with Gasteiger partial charge in [-0.15, -0.1) is 0 Å². The van der Waals surface area contributed by atoms with Gasteiger partial charge in [0.1, 0.15) is 7.85 Å². The SMILES string of the molecule is [B]c1cc(NC(=O)c2ccc(C)cc2)cc(C2(C)CCSC(N)=N2)c1. The van der Waals surface area contributed by atoms with Crippen LogP contribution in [0.5, 0.6) is 0 Å². The molecule has 0 bridgehead atoms. The Morgan fingerprint density at radius 3 is 2.68 bits per heavy atom. The Kier molecular flexibility index (Phi) is 4.90. The number of nitrogens with one attached hydrogen (secondary N) is 1. The summed E-state index contributed by atoms with van der Waals surface area (Å²) in [6.45, 7) is 4.03. The second kappa shape index (κ2) is 6.96. The maximum absolute atomic E-state index is 12.5. The van der Waals surface area contributed by atoms with Gasteiger partial charge in [0.25, 0.3) is 5.91 Å². The number of nitrogens with zero attached hydrogens (tertiary/aromatic N) is 1. The van der Waals surface area contributed by atoms with E-state index >= 15 is 0 Å². The average molecular weight is 349 g/mol.